The summed E-state index contributed by atoms with van der Waals surface area (Å²) < 4.78 is 11.6. The number of ether oxygens (including phenoxy) is 1. The van der Waals surface area contributed by atoms with Crippen LogP contribution in [-0.2, 0) is 13.0 Å². The van der Waals surface area contributed by atoms with Crippen LogP contribution in [0.25, 0.3) is 11.0 Å². The molecule has 0 fully saturated rings. The van der Waals surface area contributed by atoms with Crippen molar-refractivity contribution in [3.05, 3.63) is 75.6 Å². The second kappa shape index (κ2) is 7.57. The van der Waals surface area contributed by atoms with E-state index < -0.39 is 0 Å². The van der Waals surface area contributed by atoms with Crippen molar-refractivity contribution in [3.8, 4) is 5.75 Å². The molecule has 3 aromatic rings. The minimum atomic E-state index is -0.283. The second-order valence-corrected chi connectivity index (χ2v) is 7.36. The van der Waals surface area contributed by atoms with Crippen LogP contribution in [0.5, 0.6) is 5.75 Å². The Hall–Kier alpha value is -2.59. The highest BCUT2D eigenvalue weighted by Crippen LogP contribution is 2.34. The molecule has 0 bridgehead atoms. The van der Waals surface area contributed by atoms with Gasteiger partial charge in [-0.3, -0.25) is 4.90 Å². The summed E-state index contributed by atoms with van der Waals surface area (Å²) in [5.41, 5.74) is 3.75. The zero-order valence-electron chi connectivity index (χ0n) is 15.9. The molecule has 1 aromatic heterocycles. The Labute approximate surface area is 159 Å². The Kier molecular flexibility index (Phi) is 4.99. The van der Waals surface area contributed by atoms with Gasteiger partial charge in [0.15, 0.2) is 0 Å². The highest BCUT2D eigenvalue weighted by molar-refractivity contribution is 5.85. The molecule has 1 aliphatic rings. The third kappa shape index (κ3) is 3.62. The second-order valence-electron chi connectivity index (χ2n) is 7.36. The largest absolute Gasteiger partial charge is 0.478 e. The first-order valence-electron chi connectivity index (χ1n) is 9.64. The summed E-state index contributed by atoms with van der Waals surface area (Å²) in [7, 11) is 0. The van der Waals surface area contributed by atoms with Gasteiger partial charge in [-0.15, -0.1) is 0 Å². The number of fused-ring (bicyclic) bond motifs is 3. The quantitative estimate of drug-likeness (QED) is 0.616. The van der Waals surface area contributed by atoms with E-state index in [1.54, 1.807) is 6.07 Å². The Morgan fingerprint density at radius 3 is 2.74 bits per heavy atom. The molecule has 0 spiro atoms. The lowest BCUT2D eigenvalue weighted by molar-refractivity contribution is 0.0909. The van der Waals surface area contributed by atoms with Gasteiger partial charge in [-0.05, 0) is 35.6 Å². The maximum absolute atomic E-state index is 12.1. The molecule has 0 saturated heterocycles. The third-order valence-corrected chi connectivity index (χ3v) is 5.26. The van der Waals surface area contributed by atoms with Gasteiger partial charge in [-0.1, -0.05) is 50.6 Å². The summed E-state index contributed by atoms with van der Waals surface area (Å²) in [4.78, 5) is 14.4. The predicted octanol–water partition coefficient (Wildman–Crippen LogP) is 4.70. The minimum absolute atomic E-state index is 0.283. The first kappa shape index (κ1) is 17.8. The molecule has 1 atom stereocenters. The smallest absolute Gasteiger partial charge is 0.336 e. The molecule has 4 nitrogen and oxygen atoms in total. The fraction of sp³-hybridized carbons (Fsp3) is 0.348. The molecule has 0 unspecified atom stereocenters. The summed E-state index contributed by atoms with van der Waals surface area (Å²) in [6, 6.07) is 16.2. The summed E-state index contributed by atoms with van der Waals surface area (Å²) in [5, 5.41) is 1.02. The van der Waals surface area contributed by atoms with Crippen LogP contribution in [0.15, 0.2) is 57.7 Å². The normalized spacial score (nSPS) is 15.3. The number of hydrogen-bond acceptors (Lipinski definition) is 4. The lowest BCUT2D eigenvalue weighted by Crippen LogP contribution is -2.34. The lowest BCUT2D eigenvalue weighted by atomic mass is 9.99. The van der Waals surface area contributed by atoms with Crippen LogP contribution in [-0.4, -0.2) is 18.2 Å². The van der Waals surface area contributed by atoms with E-state index in [2.05, 4.69) is 43.0 Å². The van der Waals surface area contributed by atoms with Crippen LogP contribution in [0, 0.1) is 0 Å². The average molecular weight is 363 g/mol. The van der Waals surface area contributed by atoms with Gasteiger partial charge in [-0.2, -0.15) is 0 Å². The van der Waals surface area contributed by atoms with Crippen molar-refractivity contribution >= 4 is 11.0 Å². The van der Waals surface area contributed by atoms with Crippen molar-refractivity contribution < 1.29 is 9.15 Å². The van der Waals surface area contributed by atoms with Crippen molar-refractivity contribution in [2.24, 2.45) is 0 Å². The summed E-state index contributed by atoms with van der Waals surface area (Å²) in [5.74, 6) is 1.22. The van der Waals surface area contributed by atoms with E-state index in [9.17, 15) is 4.79 Å². The third-order valence-electron chi connectivity index (χ3n) is 5.26. The number of benzene rings is 2. The lowest BCUT2D eigenvalue weighted by Gasteiger charge is -2.31. The molecule has 2 heterocycles. The molecule has 0 aliphatic carbocycles. The van der Waals surface area contributed by atoms with Crippen molar-refractivity contribution in [1.82, 2.24) is 4.90 Å². The molecule has 27 heavy (non-hydrogen) atoms. The Bertz CT molecular complexity index is 994. The fourth-order valence-corrected chi connectivity index (χ4v) is 3.91. The molecular weight excluding hydrogens is 338 g/mol. The van der Waals surface area contributed by atoms with Gasteiger partial charge in [0.25, 0.3) is 0 Å². The van der Waals surface area contributed by atoms with Gasteiger partial charge < -0.3 is 9.15 Å². The molecule has 0 amide bonds. The van der Waals surface area contributed by atoms with Crippen molar-refractivity contribution in [1.29, 1.82) is 0 Å². The summed E-state index contributed by atoms with van der Waals surface area (Å²) >= 11 is 0. The van der Waals surface area contributed by atoms with Gasteiger partial charge in [0.1, 0.15) is 18.1 Å². The average Bonchev–Trinajstić information content (AvgIpc) is 2.68. The van der Waals surface area contributed by atoms with Crippen LogP contribution in [0.3, 0.4) is 0 Å². The zero-order valence-corrected chi connectivity index (χ0v) is 15.9. The van der Waals surface area contributed by atoms with Crippen LogP contribution >= 0.6 is 0 Å². The zero-order chi connectivity index (χ0) is 18.8. The van der Waals surface area contributed by atoms with Crippen LogP contribution in [0.1, 0.15) is 42.9 Å². The van der Waals surface area contributed by atoms with E-state index in [0.29, 0.717) is 18.2 Å². The topological polar surface area (TPSA) is 42.7 Å². The first-order chi connectivity index (χ1) is 13.2. The standard InChI is InChI=1S/C23H25NO3/c1-3-7-18-12-22(25)27-23-19(18)10-11-21-20(23)14-24(15-26-21)13-16(2)17-8-5-4-6-9-17/h4-6,8-12,16H,3,7,13-15H2,1-2H3/t16-/m1/s1. The summed E-state index contributed by atoms with van der Waals surface area (Å²) in [6.45, 7) is 6.51. The molecule has 4 rings (SSSR count). The maximum Gasteiger partial charge on any atom is 0.336 e. The molecular formula is C23H25NO3. The van der Waals surface area contributed by atoms with E-state index in [1.807, 2.05) is 18.2 Å². The molecule has 0 saturated carbocycles. The van der Waals surface area contributed by atoms with Crippen molar-refractivity contribution in [3.63, 3.8) is 0 Å². The molecule has 2 aromatic carbocycles. The predicted molar refractivity (Wildman–Crippen MR) is 107 cm³/mol. The maximum atomic E-state index is 12.1. The number of aryl methyl sites for hydroxylation is 1. The number of nitrogens with zero attached hydrogens (tertiary/aromatic N) is 1. The van der Waals surface area contributed by atoms with Crippen molar-refractivity contribution in [2.45, 2.75) is 39.2 Å². The van der Waals surface area contributed by atoms with E-state index in [-0.39, 0.29) is 5.63 Å². The van der Waals surface area contributed by atoms with Gasteiger partial charge in [0.05, 0.1) is 5.56 Å². The van der Waals surface area contributed by atoms with Crippen LogP contribution in [0.4, 0.5) is 0 Å². The monoisotopic (exact) mass is 363 g/mol. The van der Waals surface area contributed by atoms with Gasteiger partial charge in [-0.25, -0.2) is 4.79 Å². The van der Waals surface area contributed by atoms with Gasteiger partial charge in [0, 0.05) is 24.5 Å². The number of hydrogen-bond donors (Lipinski definition) is 0. The molecule has 140 valence electrons. The molecule has 0 N–H and O–H groups in total. The van der Waals surface area contributed by atoms with Crippen molar-refractivity contribution in [2.75, 3.05) is 13.3 Å². The highest BCUT2D eigenvalue weighted by Gasteiger charge is 2.23. The Balaban J connectivity index is 1.65. The number of rotatable bonds is 5. The van der Waals surface area contributed by atoms with E-state index in [0.717, 1.165) is 48.2 Å². The minimum Gasteiger partial charge on any atom is -0.478 e. The van der Waals surface area contributed by atoms with Crippen LogP contribution in [0.2, 0.25) is 0 Å². The SMILES string of the molecule is CCCc1cc(=O)oc2c3c(ccc12)OCN(C[C@@H](C)c1ccccc1)C3. The Morgan fingerprint density at radius 1 is 1.15 bits per heavy atom. The molecule has 1 aliphatic heterocycles. The van der Waals surface area contributed by atoms with E-state index in [4.69, 9.17) is 9.15 Å². The first-order valence-corrected chi connectivity index (χ1v) is 9.64. The van der Waals surface area contributed by atoms with Crippen LogP contribution < -0.4 is 10.4 Å². The summed E-state index contributed by atoms with van der Waals surface area (Å²) in [6.07, 6.45) is 1.86. The Morgan fingerprint density at radius 2 is 1.96 bits per heavy atom. The van der Waals surface area contributed by atoms with E-state index in [1.165, 1.54) is 5.56 Å². The molecule has 0 radical (unpaired) electrons. The highest BCUT2D eigenvalue weighted by atomic mass is 16.5. The fourth-order valence-electron chi connectivity index (χ4n) is 3.91. The van der Waals surface area contributed by atoms with Gasteiger partial charge in [0.2, 0.25) is 0 Å². The van der Waals surface area contributed by atoms with Gasteiger partial charge >= 0.3 is 5.63 Å². The van der Waals surface area contributed by atoms with E-state index >= 15 is 0 Å². The molecule has 4 heteroatoms.